The number of anilines is 1. The maximum atomic E-state index is 12.3. The highest BCUT2D eigenvalue weighted by Gasteiger charge is 2.38. The molecule has 13 nitrogen and oxygen atoms in total. The molecule has 3 atom stereocenters. The highest BCUT2D eigenvalue weighted by molar-refractivity contribution is 7.42. The lowest BCUT2D eigenvalue weighted by Crippen LogP contribution is -2.45. The highest BCUT2D eigenvalue weighted by Crippen LogP contribution is 2.23. The quantitative estimate of drug-likeness (QED) is 0.273. The summed E-state index contributed by atoms with van der Waals surface area (Å²) >= 11 is 0. The molecule has 3 unspecified atom stereocenters. The van der Waals surface area contributed by atoms with Crippen molar-refractivity contribution in [1.82, 2.24) is 24.6 Å². The first-order valence-corrected chi connectivity index (χ1v) is 14.1. The van der Waals surface area contributed by atoms with Gasteiger partial charge in [0.1, 0.15) is 24.1 Å². The fraction of sp³-hybridized carbons (Fsp3) is 0.708. The zero-order valence-corrected chi connectivity index (χ0v) is 23.8. The molecule has 0 bridgehead atoms. The average molecular weight is 556 g/mol. The van der Waals surface area contributed by atoms with Crippen LogP contribution in [0.25, 0.3) is 11.2 Å². The van der Waals surface area contributed by atoms with E-state index >= 15 is 0 Å². The number of aromatic nitrogens is 4. The smallest absolute Gasteiger partial charge is 0.461 e. The molecule has 0 aromatic carbocycles. The molecule has 4 N–H and O–H groups in total. The molecule has 0 radical (unpaired) electrons. The van der Waals surface area contributed by atoms with Gasteiger partial charge in [0.25, 0.3) is 6.35 Å². The second-order valence-corrected chi connectivity index (χ2v) is 11.3. The van der Waals surface area contributed by atoms with Crippen LogP contribution in [-0.4, -0.2) is 72.9 Å². The fourth-order valence-corrected chi connectivity index (χ4v) is 4.75. The van der Waals surface area contributed by atoms with Crippen LogP contribution in [0.5, 0.6) is 0 Å². The predicted octanol–water partition coefficient (Wildman–Crippen LogP) is 2.69. The molecule has 2 heterocycles. The minimum atomic E-state index is -1.96. The van der Waals surface area contributed by atoms with Crippen LogP contribution in [0.2, 0.25) is 0 Å². The minimum Gasteiger partial charge on any atom is -0.462 e. The second-order valence-electron chi connectivity index (χ2n) is 10.0. The lowest BCUT2D eigenvalue weighted by atomic mass is 10.1. The fourth-order valence-electron chi connectivity index (χ4n) is 3.58. The number of nitrogen functional groups attached to an aromatic ring is 1. The van der Waals surface area contributed by atoms with Crippen molar-refractivity contribution < 1.29 is 33.5 Å². The van der Waals surface area contributed by atoms with Gasteiger partial charge in [-0.25, -0.2) is 24.5 Å². The molecule has 1 fully saturated rings. The van der Waals surface area contributed by atoms with Crippen LogP contribution in [0.3, 0.4) is 0 Å². The van der Waals surface area contributed by atoms with Gasteiger partial charge in [0.2, 0.25) is 0 Å². The molecule has 3 rings (SSSR count). The zero-order chi connectivity index (χ0) is 28.5. The standard InChI is InChI=1S/C16H26N6O4P.C8H14O3/c1-10(2)26-15(23)16(4,5)21-27(24)9-25-11(3)6-22-8-20-12-13(17)18-7-19-14(12)22;1-6(9)8(10)11-7-4-2-3-5-7/h7-8,10-11H,6,9H2,1-5H3,(H,21,24)(H2,17,18,19);6-7,9H,2-5H2,1H3/q+1;. The van der Waals surface area contributed by atoms with E-state index in [4.69, 9.17) is 25.1 Å². The van der Waals surface area contributed by atoms with Crippen molar-refractivity contribution in [3.05, 3.63) is 12.7 Å². The van der Waals surface area contributed by atoms with Crippen molar-refractivity contribution in [2.24, 2.45) is 0 Å². The number of imidazole rings is 1. The Bertz CT molecular complexity index is 1090. The van der Waals surface area contributed by atoms with E-state index in [-0.39, 0.29) is 24.7 Å². The molecule has 0 aliphatic heterocycles. The van der Waals surface area contributed by atoms with E-state index in [0.29, 0.717) is 23.5 Å². The molecule has 1 saturated carbocycles. The Morgan fingerprint density at radius 3 is 2.47 bits per heavy atom. The van der Waals surface area contributed by atoms with Crippen LogP contribution < -0.4 is 10.8 Å². The summed E-state index contributed by atoms with van der Waals surface area (Å²) in [5.74, 6) is -0.636. The molecular weight excluding hydrogens is 515 g/mol. The number of nitrogens with one attached hydrogen (secondary N) is 1. The average Bonchev–Trinajstić information content (AvgIpc) is 3.48. The number of ether oxygens (including phenoxy) is 3. The molecule has 1 aliphatic carbocycles. The van der Waals surface area contributed by atoms with Crippen molar-refractivity contribution >= 4 is 36.9 Å². The van der Waals surface area contributed by atoms with Crippen LogP contribution >= 0.6 is 7.95 Å². The number of hydrogen-bond donors (Lipinski definition) is 3. The van der Waals surface area contributed by atoms with Crippen molar-refractivity contribution in [1.29, 1.82) is 0 Å². The highest BCUT2D eigenvalue weighted by atomic mass is 31.1. The summed E-state index contributed by atoms with van der Waals surface area (Å²) in [4.78, 5) is 35.1. The lowest BCUT2D eigenvalue weighted by molar-refractivity contribution is -0.157. The van der Waals surface area contributed by atoms with E-state index < -0.39 is 31.5 Å². The van der Waals surface area contributed by atoms with E-state index in [1.807, 2.05) is 6.92 Å². The number of nitrogens with two attached hydrogens (primary N) is 1. The van der Waals surface area contributed by atoms with E-state index in [2.05, 4.69) is 20.0 Å². The monoisotopic (exact) mass is 555 g/mol. The van der Waals surface area contributed by atoms with Gasteiger partial charge in [0.15, 0.2) is 17.0 Å². The summed E-state index contributed by atoms with van der Waals surface area (Å²) in [5.41, 5.74) is 5.84. The molecule has 0 spiro atoms. The SMILES string of the molecule is CC(C)OC(=O)C(C)(C)N[P+](=O)COC(C)Cn1cnc2c(N)ncnc21.CC(O)C(=O)OC1CCCC1. The third-order valence-corrected chi connectivity index (χ3v) is 6.74. The Balaban J connectivity index is 0.000000384. The van der Waals surface area contributed by atoms with Gasteiger partial charge in [0.05, 0.1) is 25.1 Å². The third kappa shape index (κ3) is 9.86. The predicted molar refractivity (Wildman–Crippen MR) is 141 cm³/mol. The number of esters is 2. The number of carbonyl (C=O) groups excluding carboxylic acids is 2. The number of carbonyl (C=O) groups is 2. The largest absolute Gasteiger partial charge is 0.462 e. The lowest BCUT2D eigenvalue weighted by Gasteiger charge is -2.20. The maximum Gasteiger partial charge on any atom is 0.461 e. The molecule has 0 saturated heterocycles. The first-order valence-electron chi connectivity index (χ1n) is 12.6. The molecule has 2 aromatic rings. The van der Waals surface area contributed by atoms with Gasteiger partial charge < -0.3 is 29.6 Å². The van der Waals surface area contributed by atoms with Gasteiger partial charge in [-0.05, 0) is 71.8 Å². The van der Waals surface area contributed by atoms with Gasteiger partial charge in [-0.15, -0.1) is 0 Å². The van der Waals surface area contributed by atoms with Gasteiger partial charge >= 0.3 is 19.9 Å². The third-order valence-electron chi connectivity index (χ3n) is 5.54. The van der Waals surface area contributed by atoms with Crippen molar-refractivity contribution in [3.8, 4) is 0 Å². The molecule has 212 valence electrons. The van der Waals surface area contributed by atoms with Crippen LogP contribution in [0.15, 0.2) is 12.7 Å². The minimum absolute atomic E-state index is 0.0430. The number of nitrogens with zero attached hydrogens (tertiary/aromatic N) is 4. The Kier molecular flexibility index (Phi) is 12.0. The van der Waals surface area contributed by atoms with Gasteiger partial charge in [0, 0.05) is 0 Å². The van der Waals surface area contributed by atoms with Crippen LogP contribution in [-0.2, 0) is 34.9 Å². The number of fused-ring (bicyclic) bond motifs is 1. The van der Waals surface area contributed by atoms with Gasteiger partial charge in [-0.2, -0.15) is 0 Å². The molecule has 0 amide bonds. The van der Waals surface area contributed by atoms with Crippen LogP contribution in [0.1, 0.15) is 67.2 Å². The first kappa shape index (κ1) is 31.5. The summed E-state index contributed by atoms with van der Waals surface area (Å²) in [6.07, 6.45) is 5.72. The Morgan fingerprint density at radius 1 is 1.21 bits per heavy atom. The molecule has 14 heteroatoms. The Morgan fingerprint density at radius 2 is 1.87 bits per heavy atom. The van der Waals surface area contributed by atoms with Crippen LogP contribution in [0, 0.1) is 0 Å². The summed E-state index contributed by atoms with van der Waals surface area (Å²) in [6, 6.07) is 0. The number of rotatable bonds is 11. The van der Waals surface area contributed by atoms with Crippen molar-refractivity contribution in [2.45, 2.75) is 104 Å². The van der Waals surface area contributed by atoms with E-state index in [9.17, 15) is 14.2 Å². The normalized spacial score (nSPS) is 16.1. The molecule has 1 aliphatic rings. The zero-order valence-electron chi connectivity index (χ0n) is 22.9. The Labute approximate surface area is 223 Å². The number of aliphatic hydroxyl groups excluding tert-OH is 1. The molecule has 38 heavy (non-hydrogen) atoms. The number of hydrogen-bond acceptors (Lipinski definition) is 11. The Hall–Kier alpha value is -2.73. The topological polar surface area (TPSA) is 181 Å². The van der Waals surface area contributed by atoms with Gasteiger partial charge in [-0.1, -0.05) is 5.09 Å². The number of aliphatic hydroxyl groups is 1. The summed E-state index contributed by atoms with van der Waals surface area (Å²) in [5, 5.41) is 11.6. The summed E-state index contributed by atoms with van der Waals surface area (Å²) < 4.78 is 29.8. The van der Waals surface area contributed by atoms with Gasteiger partial charge in [-0.3, -0.25) is 0 Å². The first-order chi connectivity index (χ1) is 17.8. The van der Waals surface area contributed by atoms with Crippen molar-refractivity contribution in [3.63, 3.8) is 0 Å². The van der Waals surface area contributed by atoms with E-state index in [0.717, 1.165) is 25.7 Å². The maximum absolute atomic E-state index is 12.3. The van der Waals surface area contributed by atoms with Crippen molar-refractivity contribution in [2.75, 3.05) is 12.1 Å². The molecule has 2 aromatic heterocycles. The molecular formula is C24H40N6O7P+. The second kappa shape index (κ2) is 14.4. The van der Waals surface area contributed by atoms with E-state index in [1.54, 1.807) is 38.6 Å². The summed E-state index contributed by atoms with van der Waals surface area (Å²) in [6.45, 7) is 10.5. The van der Waals surface area contributed by atoms with E-state index in [1.165, 1.54) is 13.3 Å². The summed E-state index contributed by atoms with van der Waals surface area (Å²) in [7, 11) is -1.96. The van der Waals surface area contributed by atoms with Crippen LogP contribution in [0.4, 0.5) is 5.82 Å².